The molecule has 0 saturated heterocycles. The molecule has 0 amide bonds. The molecule has 3 unspecified atom stereocenters. The lowest BCUT2D eigenvalue weighted by atomic mass is 9.88. The summed E-state index contributed by atoms with van der Waals surface area (Å²) in [5, 5.41) is 6.51. The number of rotatable bonds is 9. The van der Waals surface area contributed by atoms with Gasteiger partial charge in [0.1, 0.15) is 23.5 Å². The van der Waals surface area contributed by atoms with Crippen LogP contribution >= 0.6 is 0 Å². The van der Waals surface area contributed by atoms with Gasteiger partial charge in [-0.1, -0.05) is 5.57 Å². The minimum Gasteiger partial charge on any atom is -0.467 e. The summed E-state index contributed by atoms with van der Waals surface area (Å²) in [6, 6.07) is 5.47. The maximum atomic E-state index is 6.12. The molecule has 3 rings (SSSR count). The topological polar surface area (TPSA) is 138 Å². The number of amidine groups is 1. The van der Waals surface area contributed by atoms with Gasteiger partial charge in [0.05, 0.1) is 11.6 Å². The summed E-state index contributed by atoms with van der Waals surface area (Å²) in [5.74, 6) is 1.68. The average Bonchev–Trinajstić information content (AvgIpc) is 2.70. The number of nitrogens with zero attached hydrogens (tertiary/aromatic N) is 2. The Labute approximate surface area is 169 Å². The first-order valence-electron chi connectivity index (χ1n) is 9.22. The summed E-state index contributed by atoms with van der Waals surface area (Å²) in [5.41, 5.74) is 14.8. The molecule has 10 heteroatoms. The number of anilines is 1. The number of benzene rings is 1. The maximum Gasteiger partial charge on any atom is 0.188 e. The summed E-state index contributed by atoms with van der Waals surface area (Å²) in [7, 11) is 3.14. The van der Waals surface area contributed by atoms with E-state index < -0.39 is 6.29 Å². The van der Waals surface area contributed by atoms with Crippen LogP contribution in [0.1, 0.15) is 6.92 Å². The first kappa shape index (κ1) is 21.1. The molecule has 0 aliphatic carbocycles. The van der Waals surface area contributed by atoms with Crippen molar-refractivity contribution in [2.24, 2.45) is 27.4 Å². The Morgan fingerprint density at radius 1 is 1.17 bits per heavy atom. The van der Waals surface area contributed by atoms with Crippen molar-refractivity contribution in [1.82, 2.24) is 5.32 Å². The Morgan fingerprint density at radius 3 is 2.69 bits per heavy atom. The lowest BCUT2D eigenvalue weighted by Gasteiger charge is -2.35. The van der Waals surface area contributed by atoms with Gasteiger partial charge in [0.15, 0.2) is 19.9 Å². The second-order valence-electron chi connectivity index (χ2n) is 6.69. The van der Waals surface area contributed by atoms with Crippen LogP contribution in [-0.4, -0.2) is 58.9 Å². The van der Waals surface area contributed by atoms with Crippen LogP contribution in [0.25, 0.3) is 0 Å². The van der Waals surface area contributed by atoms with E-state index >= 15 is 0 Å². The van der Waals surface area contributed by atoms with Gasteiger partial charge in [0.2, 0.25) is 0 Å². The van der Waals surface area contributed by atoms with Crippen molar-refractivity contribution < 1.29 is 18.9 Å². The van der Waals surface area contributed by atoms with Crippen LogP contribution < -0.4 is 31.6 Å². The van der Waals surface area contributed by atoms with E-state index in [1.165, 1.54) is 0 Å². The minimum atomic E-state index is -0.531. The van der Waals surface area contributed by atoms with Crippen LogP contribution in [0.4, 0.5) is 5.69 Å². The quantitative estimate of drug-likeness (QED) is 0.439. The Balaban J connectivity index is 1.77. The molecule has 0 spiro atoms. The van der Waals surface area contributed by atoms with Gasteiger partial charge in [0, 0.05) is 33.0 Å². The number of aliphatic imine (C=N–C) groups is 2. The molecule has 1 aromatic carbocycles. The van der Waals surface area contributed by atoms with Crippen molar-refractivity contribution >= 4 is 17.7 Å². The predicted octanol–water partition coefficient (Wildman–Crippen LogP) is 0.610. The highest BCUT2D eigenvalue weighted by Crippen LogP contribution is 2.31. The molecule has 158 valence electrons. The van der Waals surface area contributed by atoms with E-state index in [2.05, 4.69) is 20.6 Å². The second kappa shape index (κ2) is 9.70. The van der Waals surface area contributed by atoms with Crippen LogP contribution in [0, 0.1) is 5.92 Å². The van der Waals surface area contributed by atoms with Crippen LogP contribution in [-0.2, 0) is 9.47 Å². The number of dihydropyridines is 1. The number of hydrogen-bond donors (Lipinski definition) is 4. The van der Waals surface area contributed by atoms with Gasteiger partial charge in [-0.05, 0) is 24.6 Å². The number of hydrogen-bond acceptors (Lipinski definition) is 10. The van der Waals surface area contributed by atoms with E-state index in [1.807, 2.05) is 25.3 Å². The third-order valence-electron chi connectivity index (χ3n) is 4.72. The highest BCUT2D eigenvalue weighted by molar-refractivity contribution is 5.92. The zero-order valence-electron chi connectivity index (χ0n) is 16.8. The lowest BCUT2D eigenvalue weighted by Crippen LogP contribution is -2.55. The van der Waals surface area contributed by atoms with E-state index in [9.17, 15) is 0 Å². The van der Waals surface area contributed by atoms with Gasteiger partial charge in [-0.25, -0.2) is 4.99 Å². The molecule has 6 N–H and O–H groups in total. The first-order valence-corrected chi connectivity index (χ1v) is 9.22. The molecule has 0 radical (unpaired) electrons. The van der Waals surface area contributed by atoms with Gasteiger partial charge in [-0.3, -0.25) is 16.0 Å². The van der Waals surface area contributed by atoms with Crippen LogP contribution in [0.15, 0.2) is 39.3 Å². The molecule has 1 aromatic rings. The molecule has 0 aromatic heterocycles. The number of methoxy groups -OCH3 is 2. The molecule has 0 saturated carbocycles. The molecule has 0 bridgehead atoms. The number of nitrogens with one attached hydrogen (secondary N) is 2. The Morgan fingerprint density at radius 2 is 1.93 bits per heavy atom. The number of fused-ring (bicyclic) bond motifs is 1. The molecule has 2 aliphatic rings. The third kappa shape index (κ3) is 5.04. The smallest absolute Gasteiger partial charge is 0.188 e. The fourth-order valence-electron chi connectivity index (χ4n) is 3.26. The normalized spacial score (nSPS) is 23.4. The van der Waals surface area contributed by atoms with Crippen LogP contribution in [0.5, 0.6) is 11.5 Å². The van der Waals surface area contributed by atoms with Crippen molar-refractivity contribution in [2.45, 2.75) is 19.4 Å². The van der Waals surface area contributed by atoms with Crippen LogP contribution in [0.3, 0.4) is 0 Å². The standard InChI is InChI=1S/C19H28N6O4/c1-11-12(8-23-18-16(11)17(20)24-19(21)25-18)7-22-14-6-13(28-9-26-2)4-5-15(14)29-10-27-3/h4-6,8,16,18-19,22,25H,7,9-10,21H2,1-3H3,(H2,20,24). The number of nitrogens with two attached hydrogens (primary N) is 2. The van der Waals surface area contributed by atoms with Crippen molar-refractivity contribution in [2.75, 3.05) is 39.7 Å². The highest BCUT2D eigenvalue weighted by Gasteiger charge is 2.34. The van der Waals surface area contributed by atoms with E-state index in [4.69, 9.17) is 30.4 Å². The van der Waals surface area contributed by atoms with Gasteiger partial charge in [-0.15, -0.1) is 0 Å². The lowest BCUT2D eigenvalue weighted by molar-refractivity contribution is 0.0487. The van der Waals surface area contributed by atoms with E-state index in [0.29, 0.717) is 23.9 Å². The van der Waals surface area contributed by atoms with Gasteiger partial charge < -0.3 is 30.0 Å². The molecule has 3 atom stereocenters. The first-order chi connectivity index (χ1) is 14.0. The summed E-state index contributed by atoms with van der Waals surface area (Å²) >= 11 is 0. The molecule has 0 fully saturated rings. The zero-order chi connectivity index (χ0) is 20.8. The summed E-state index contributed by atoms with van der Waals surface area (Å²) < 4.78 is 21.1. The monoisotopic (exact) mass is 404 g/mol. The molecule has 10 nitrogen and oxygen atoms in total. The Hall–Kier alpha value is -2.66. The molecular formula is C19H28N6O4. The Bertz CT molecular complexity index is 810. The van der Waals surface area contributed by atoms with Gasteiger partial charge in [-0.2, -0.15) is 0 Å². The molecule has 29 heavy (non-hydrogen) atoms. The van der Waals surface area contributed by atoms with Gasteiger partial charge >= 0.3 is 0 Å². The summed E-state index contributed by atoms with van der Waals surface area (Å²) in [6.45, 7) is 2.85. The average molecular weight is 404 g/mol. The van der Waals surface area contributed by atoms with Crippen molar-refractivity contribution in [3.63, 3.8) is 0 Å². The van der Waals surface area contributed by atoms with Crippen LogP contribution in [0.2, 0.25) is 0 Å². The van der Waals surface area contributed by atoms with Crippen molar-refractivity contribution in [3.8, 4) is 11.5 Å². The maximum absolute atomic E-state index is 6.12. The molecule has 2 heterocycles. The SMILES string of the molecule is COCOc1ccc(OCOC)c(NCC2=C(C)C3C(N)=NC(N)NC3N=C2)c1. The highest BCUT2D eigenvalue weighted by atomic mass is 16.7. The second-order valence-corrected chi connectivity index (χ2v) is 6.69. The minimum absolute atomic E-state index is 0.114. The third-order valence-corrected chi connectivity index (χ3v) is 4.72. The number of ether oxygens (including phenoxy) is 4. The molecular weight excluding hydrogens is 376 g/mol. The Kier molecular flexibility index (Phi) is 7.04. The fraction of sp³-hybridized carbons (Fsp3) is 0.474. The van der Waals surface area contributed by atoms with Gasteiger partial charge in [0.25, 0.3) is 0 Å². The largest absolute Gasteiger partial charge is 0.467 e. The summed E-state index contributed by atoms with van der Waals surface area (Å²) in [4.78, 5) is 8.79. The summed E-state index contributed by atoms with van der Waals surface area (Å²) in [6.07, 6.45) is 1.11. The van der Waals surface area contributed by atoms with Crippen molar-refractivity contribution in [1.29, 1.82) is 0 Å². The van der Waals surface area contributed by atoms with E-state index in [0.717, 1.165) is 16.8 Å². The fourth-order valence-corrected chi connectivity index (χ4v) is 3.26. The van der Waals surface area contributed by atoms with Crippen molar-refractivity contribution in [3.05, 3.63) is 29.3 Å². The zero-order valence-corrected chi connectivity index (χ0v) is 16.8. The van der Waals surface area contributed by atoms with E-state index in [-0.39, 0.29) is 25.7 Å². The predicted molar refractivity (Wildman–Crippen MR) is 111 cm³/mol. The van der Waals surface area contributed by atoms with E-state index in [1.54, 1.807) is 20.3 Å². The molecule has 2 aliphatic heterocycles.